The van der Waals surface area contributed by atoms with Crippen molar-refractivity contribution in [3.8, 4) is 0 Å². The lowest BCUT2D eigenvalue weighted by Crippen LogP contribution is -2.41. The Hall–Kier alpha value is -1.88. The van der Waals surface area contributed by atoms with Crippen molar-refractivity contribution in [2.75, 3.05) is 30.4 Å². The molecule has 2 fully saturated rings. The molecule has 4 rings (SSSR count). The maximum atomic E-state index is 4.91. The Labute approximate surface area is 131 Å². The molecule has 1 saturated heterocycles. The zero-order valence-electron chi connectivity index (χ0n) is 13.0. The highest BCUT2D eigenvalue weighted by Crippen LogP contribution is 2.31. The van der Waals surface area contributed by atoms with Crippen LogP contribution in [-0.4, -0.2) is 42.2 Å². The molecule has 22 heavy (non-hydrogen) atoms. The second kappa shape index (κ2) is 5.72. The Morgan fingerprint density at radius 3 is 2.27 bits per heavy atom. The van der Waals surface area contributed by atoms with Gasteiger partial charge in [-0.1, -0.05) is 12.1 Å². The molecule has 0 unspecified atom stereocenters. The molecule has 1 saturated carbocycles. The smallest absolute Gasteiger partial charge is 0.172 e. The van der Waals surface area contributed by atoms with E-state index in [1.54, 1.807) is 0 Å². The van der Waals surface area contributed by atoms with E-state index in [0.29, 0.717) is 12.1 Å². The summed E-state index contributed by atoms with van der Waals surface area (Å²) in [5, 5.41) is 6.95. The van der Waals surface area contributed by atoms with Crippen molar-refractivity contribution < 1.29 is 0 Å². The topological polar surface area (TPSA) is 53.1 Å². The molecule has 5 heteroatoms. The summed E-state index contributed by atoms with van der Waals surface area (Å²) in [6, 6.07) is 9.36. The molecule has 1 aromatic carbocycles. The third kappa shape index (κ3) is 2.73. The first-order chi connectivity index (χ1) is 10.8. The molecule has 5 nitrogen and oxygen atoms in total. The van der Waals surface area contributed by atoms with E-state index < -0.39 is 0 Å². The van der Waals surface area contributed by atoms with Crippen LogP contribution in [0.3, 0.4) is 0 Å². The SMILES string of the molecule is CNC1CCN(c2nc3ccccc3nc2NC2CC2)CC1. The predicted molar refractivity (Wildman–Crippen MR) is 90.5 cm³/mol. The van der Waals surface area contributed by atoms with E-state index in [9.17, 15) is 0 Å². The minimum Gasteiger partial charge on any atom is -0.364 e. The molecule has 1 aromatic heterocycles. The molecule has 0 amide bonds. The van der Waals surface area contributed by atoms with Gasteiger partial charge in [-0.05, 0) is 44.9 Å². The van der Waals surface area contributed by atoms with Gasteiger partial charge in [-0.2, -0.15) is 0 Å². The van der Waals surface area contributed by atoms with Gasteiger partial charge in [-0.25, -0.2) is 9.97 Å². The van der Waals surface area contributed by atoms with Gasteiger partial charge in [0.25, 0.3) is 0 Å². The average Bonchev–Trinajstić information content (AvgIpc) is 3.38. The van der Waals surface area contributed by atoms with E-state index in [-0.39, 0.29) is 0 Å². The fraction of sp³-hybridized carbons (Fsp3) is 0.529. The number of para-hydroxylation sites is 2. The molecule has 0 radical (unpaired) electrons. The molecular weight excluding hydrogens is 274 g/mol. The van der Waals surface area contributed by atoms with E-state index in [0.717, 1.165) is 48.6 Å². The first-order valence-corrected chi connectivity index (χ1v) is 8.29. The molecule has 2 heterocycles. The second-order valence-corrected chi connectivity index (χ2v) is 6.35. The Balaban J connectivity index is 1.67. The third-order valence-electron chi connectivity index (χ3n) is 4.67. The molecular formula is C17H23N5. The largest absolute Gasteiger partial charge is 0.364 e. The summed E-state index contributed by atoms with van der Waals surface area (Å²) in [5.74, 6) is 1.99. The fourth-order valence-corrected chi connectivity index (χ4v) is 3.11. The van der Waals surface area contributed by atoms with Crippen molar-refractivity contribution >= 4 is 22.7 Å². The van der Waals surface area contributed by atoms with Gasteiger partial charge in [0, 0.05) is 25.2 Å². The minimum absolute atomic E-state index is 0.587. The Kier molecular flexibility index (Phi) is 3.58. The zero-order valence-corrected chi connectivity index (χ0v) is 13.0. The molecule has 0 atom stereocenters. The molecule has 2 aliphatic rings. The van der Waals surface area contributed by atoms with E-state index in [1.807, 2.05) is 24.3 Å². The van der Waals surface area contributed by atoms with Gasteiger partial charge >= 0.3 is 0 Å². The number of piperidine rings is 1. The lowest BCUT2D eigenvalue weighted by Gasteiger charge is -2.33. The number of fused-ring (bicyclic) bond motifs is 1. The van der Waals surface area contributed by atoms with Gasteiger partial charge in [-0.3, -0.25) is 0 Å². The number of hydrogen-bond donors (Lipinski definition) is 2. The number of anilines is 2. The van der Waals surface area contributed by atoms with Crippen LogP contribution in [0.5, 0.6) is 0 Å². The molecule has 2 aromatic rings. The number of nitrogens with one attached hydrogen (secondary N) is 2. The molecule has 2 N–H and O–H groups in total. The van der Waals surface area contributed by atoms with Crippen molar-refractivity contribution in [3.63, 3.8) is 0 Å². The third-order valence-corrected chi connectivity index (χ3v) is 4.67. The zero-order chi connectivity index (χ0) is 14.9. The number of nitrogens with zero attached hydrogens (tertiary/aromatic N) is 3. The van der Waals surface area contributed by atoms with Crippen LogP contribution in [0.25, 0.3) is 11.0 Å². The fourth-order valence-electron chi connectivity index (χ4n) is 3.11. The van der Waals surface area contributed by atoms with E-state index in [2.05, 4.69) is 22.6 Å². The first kappa shape index (κ1) is 13.8. The second-order valence-electron chi connectivity index (χ2n) is 6.35. The van der Waals surface area contributed by atoms with Crippen molar-refractivity contribution in [1.82, 2.24) is 15.3 Å². The van der Waals surface area contributed by atoms with Gasteiger partial charge in [0.05, 0.1) is 11.0 Å². The summed E-state index contributed by atoms with van der Waals surface area (Å²) >= 11 is 0. The van der Waals surface area contributed by atoms with Crippen molar-refractivity contribution in [2.24, 2.45) is 0 Å². The number of benzene rings is 1. The molecule has 116 valence electrons. The standard InChI is InChI=1S/C17H23N5/c1-18-12-8-10-22(11-9-12)17-16(19-13-6-7-13)20-14-4-2-3-5-15(14)21-17/h2-5,12-13,18H,6-11H2,1H3,(H,19,20). The molecule has 1 aliphatic heterocycles. The Morgan fingerprint density at radius 2 is 1.64 bits per heavy atom. The summed E-state index contributed by atoms with van der Waals surface area (Å²) < 4.78 is 0. The first-order valence-electron chi connectivity index (χ1n) is 8.29. The summed E-state index contributed by atoms with van der Waals surface area (Å²) in [7, 11) is 2.05. The van der Waals surface area contributed by atoms with Gasteiger partial charge in [-0.15, -0.1) is 0 Å². The van der Waals surface area contributed by atoms with E-state index >= 15 is 0 Å². The van der Waals surface area contributed by atoms with Crippen LogP contribution in [0.15, 0.2) is 24.3 Å². The van der Waals surface area contributed by atoms with Crippen molar-refractivity contribution in [2.45, 2.75) is 37.8 Å². The maximum Gasteiger partial charge on any atom is 0.172 e. The average molecular weight is 297 g/mol. The van der Waals surface area contributed by atoms with Gasteiger partial charge < -0.3 is 15.5 Å². The van der Waals surface area contributed by atoms with Crippen LogP contribution in [0.4, 0.5) is 11.6 Å². The van der Waals surface area contributed by atoms with Crippen molar-refractivity contribution in [3.05, 3.63) is 24.3 Å². The number of rotatable bonds is 4. The van der Waals surface area contributed by atoms with E-state index in [1.165, 1.54) is 12.8 Å². The summed E-state index contributed by atoms with van der Waals surface area (Å²) in [4.78, 5) is 12.1. The lowest BCUT2D eigenvalue weighted by atomic mass is 10.1. The monoisotopic (exact) mass is 297 g/mol. The lowest BCUT2D eigenvalue weighted by molar-refractivity contribution is 0.441. The van der Waals surface area contributed by atoms with E-state index in [4.69, 9.17) is 9.97 Å². The van der Waals surface area contributed by atoms with Gasteiger partial charge in [0.15, 0.2) is 11.6 Å². The molecule has 0 bridgehead atoms. The summed E-state index contributed by atoms with van der Waals surface area (Å²) in [6.45, 7) is 2.08. The minimum atomic E-state index is 0.587. The highest BCUT2D eigenvalue weighted by molar-refractivity contribution is 5.80. The highest BCUT2D eigenvalue weighted by Gasteiger charge is 2.26. The maximum absolute atomic E-state index is 4.91. The Bertz CT molecular complexity index is 659. The summed E-state index contributed by atoms with van der Waals surface area (Å²) in [6.07, 6.45) is 4.81. The van der Waals surface area contributed by atoms with Crippen LogP contribution >= 0.6 is 0 Å². The van der Waals surface area contributed by atoms with Crippen LogP contribution in [0.2, 0.25) is 0 Å². The Morgan fingerprint density at radius 1 is 0.955 bits per heavy atom. The predicted octanol–water partition coefficient (Wildman–Crippen LogP) is 2.39. The highest BCUT2D eigenvalue weighted by atomic mass is 15.2. The van der Waals surface area contributed by atoms with Crippen LogP contribution in [-0.2, 0) is 0 Å². The van der Waals surface area contributed by atoms with Gasteiger partial charge in [0.1, 0.15) is 0 Å². The van der Waals surface area contributed by atoms with Crippen LogP contribution < -0.4 is 15.5 Å². The summed E-state index contributed by atoms with van der Waals surface area (Å²) in [5.41, 5.74) is 1.95. The molecule has 0 spiro atoms. The molecule has 1 aliphatic carbocycles. The van der Waals surface area contributed by atoms with Crippen molar-refractivity contribution in [1.29, 1.82) is 0 Å². The number of aromatic nitrogens is 2. The van der Waals surface area contributed by atoms with Crippen LogP contribution in [0, 0.1) is 0 Å². The quantitative estimate of drug-likeness (QED) is 0.907. The van der Waals surface area contributed by atoms with Gasteiger partial charge in [0.2, 0.25) is 0 Å². The van der Waals surface area contributed by atoms with Crippen LogP contribution in [0.1, 0.15) is 25.7 Å². The normalized spacial score (nSPS) is 19.6. The number of hydrogen-bond acceptors (Lipinski definition) is 5.